The quantitative estimate of drug-likeness (QED) is 0.614. The van der Waals surface area contributed by atoms with Crippen LogP contribution in [0.3, 0.4) is 0 Å². The zero-order chi connectivity index (χ0) is 18.6. The molecule has 8 heteroatoms. The van der Waals surface area contributed by atoms with Crippen LogP contribution in [0.15, 0.2) is 82.6 Å². The molecule has 1 aliphatic heterocycles. The van der Waals surface area contributed by atoms with Gasteiger partial charge < -0.3 is 0 Å². The maximum absolute atomic E-state index is 12.5. The van der Waals surface area contributed by atoms with Crippen LogP contribution >= 0.6 is 24.0 Å². The van der Waals surface area contributed by atoms with Gasteiger partial charge in [0.15, 0.2) is 4.32 Å². The lowest BCUT2D eigenvalue weighted by molar-refractivity contribution is -0.123. The number of hydrazine groups is 1. The fourth-order valence-corrected chi connectivity index (χ4v) is 4.43. The molecule has 1 saturated heterocycles. The average Bonchev–Trinajstić information content (AvgIpc) is 2.91. The summed E-state index contributed by atoms with van der Waals surface area (Å²) in [4.78, 5) is 15.1. The number of thiocarbonyl (C=S) groups is 1. The van der Waals surface area contributed by atoms with Crippen LogP contribution in [-0.2, 0) is 14.8 Å². The van der Waals surface area contributed by atoms with Crippen LogP contribution in [0.2, 0.25) is 0 Å². The molecule has 0 saturated carbocycles. The first-order valence-corrected chi connectivity index (χ1v) is 10.3. The predicted molar refractivity (Wildman–Crippen MR) is 107 cm³/mol. The zero-order valence-electron chi connectivity index (χ0n) is 13.4. The molecule has 1 amide bonds. The molecule has 26 heavy (non-hydrogen) atoms. The summed E-state index contributed by atoms with van der Waals surface area (Å²) < 4.78 is 24.9. The molecule has 0 unspecified atom stereocenters. The molecule has 1 aliphatic rings. The molecule has 3 rings (SSSR count). The van der Waals surface area contributed by atoms with E-state index in [0.717, 1.165) is 22.3 Å². The van der Waals surface area contributed by atoms with E-state index in [4.69, 9.17) is 12.2 Å². The first kappa shape index (κ1) is 18.5. The highest BCUT2D eigenvalue weighted by molar-refractivity contribution is 8.26. The van der Waals surface area contributed by atoms with E-state index >= 15 is 0 Å². The zero-order valence-corrected chi connectivity index (χ0v) is 15.9. The molecule has 1 N–H and O–H groups in total. The van der Waals surface area contributed by atoms with Gasteiger partial charge in [0.1, 0.15) is 0 Å². The fraction of sp³-hybridized carbons (Fsp3) is 0. The molecule has 5 nitrogen and oxygen atoms in total. The molecule has 0 aromatic heterocycles. The van der Waals surface area contributed by atoms with Crippen molar-refractivity contribution in [2.75, 3.05) is 0 Å². The summed E-state index contributed by atoms with van der Waals surface area (Å²) in [6, 6.07) is 17.4. The Labute approximate surface area is 161 Å². The van der Waals surface area contributed by atoms with Gasteiger partial charge in [-0.15, -0.1) is 4.83 Å². The van der Waals surface area contributed by atoms with Gasteiger partial charge in [0.05, 0.1) is 9.80 Å². The minimum atomic E-state index is -3.89. The summed E-state index contributed by atoms with van der Waals surface area (Å²) in [7, 11) is -3.89. The highest BCUT2D eigenvalue weighted by atomic mass is 32.2. The topological polar surface area (TPSA) is 66.5 Å². The average molecular weight is 403 g/mol. The summed E-state index contributed by atoms with van der Waals surface area (Å²) in [6.07, 6.45) is 5.19. The monoisotopic (exact) mass is 402 g/mol. The lowest BCUT2D eigenvalue weighted by Crippen LogP contribution is -2.44. The standard InChI is InChI=1S/C18H14N2O3S3/c21-17-16(13-7-10-14-8-3-1-4-9-14)25-18(24)20(17)19-26(22,23)15-11-5-2-6-12-15/h1-13,19H. The van der Waals surface area contributed by atoms with Gasteiger partial charge in [-0.2, -0.15) is 0 Å². The van der Waals surface area contributed by atoms with Gasteiger partial charge in [0.2, 0.25) is 0 Å². The van der Waals surface area contributed by atoms with Gasteiger partial charge in [-0.25, -0.2) is 13.4 Å². The largest absolute Gasteiger partial charge is 0.281 e. The van der Waals surface area contributed by atoms with Crippen LogP contribution < -0.4 is 4.83 Å². The van der Waals surface area contributed by atoms with E-state index in [0.29, 0.717) is 4.91 Å². The van der Waals surface area contributed by atoms with Crippen molar-refractivity contribution in [3.63, 3.8) is 0 Å². The lowest BCUT2D eigenvalue weighted by atomic mass is 10.2. The number of hydrogen-bond acceptors (Lipinski definition) is 5. The van der Waals surface area contributed by atoms with E-state index in [2.05, 4.69) is 4.83 Å². The second-order valence-electron chi connectivity index (χ2n) is 5.22. The Bertz CT molecular complexity index is 985. The van der Waals surface area contributed by atoms with Crippen LogP contribution in [0.5, 0.6) is 0 Å². The first-order valence-electron chi connectivity index (χ1n) is 7.54. The molecule has 0 aliphatic carbocycles. The number of hydrogen-bond donors (Lipinski definition) is 1. The second kappa shape index (κ2) is 7.96. The fourth-order valence-electron chi connectivity index (χ4n) is 2.14. The molecule has 0 radical (unpaired) electrons. The second-order valence-corrected chi connectivity index (χ2v) is 8.55. The van der Waals surface area contributed by atoms with Crippen molar-refractivity contribution in [3.8, 4) is 0 Å². The van der Waals surface area contributed by atoms with Crippen LogP contribution in [0.1, 0.15) is 5.56 Å². The summed E-state index contributed by atoms with van der Waals surface area (Å²) in [5.41, 5.74) is 0.990. The Morgan fingerprint density at radius 1 is 1.00 bits per heavy atom. The van der Waals surface area contributed by atoms with Crippen LogP contribution in [0.25, 0.3) is 6.08 Å². The Morgan fingerprint density at radius 2 is 1.62 bits per heavy atom. The maximum atomic E-state index is 12.5. The molecule has 0 spiro atoms. The SMILES string of the molecule is O=C1C(=CC=Cc2ccccc2)SC(=S)N1NS(=O)(=O)c1ccccc1. The smallest absolute Gasteiger partial charge is 0.267 e. The van der Waals surface area contributed by atoms with E-state index in [1.54, 1.807) is 30.4 Å². The Morgan fingerprint density at radius 3 is 2.27 bits per heavy atom. The summed E-state index contributed by atoms with van der Waals surface area (Å²) in [6.45, 7) is 0. The van der Waals surface area contributed by atoms with Gasteiger partial charge in [0.25, 0.3) is 15.9 Å². The van der Waals surface area contributed by atoms with E-state index in [1.165, 1.54) is 12.1 Å². The van der Waals surface area contributed by atoms with Gasteiger partial charge in [-0.05, 0) is 23.8 Å². The maximum Gasteiger partial charge on any atom is 0.281 e. The minimum Gasteiger partial charge on any atom is -0.267 e. The summed E-state index contributed by atoms with van der Waals surface area (Å²) in [5.74, 6) is -0.503. The molecule has 0 atom stereocenters. The van der Waals surface area contributed by atoms with Gasteiger partial charge >= 0.3 is 0 Å². The van der Waals surface area contributed by atoms with E-state index < -0.39 is 15.9 Å². The van der Waals surface area contributed by atoms with Gasteiger partial charge in [-0.1, -0.05) is 84.7 Å². The highest BCUT2D eigenvalue weighted by Crippen LogP contribution is 2.30. The number of nitrogens with one attached hydrogen (secondary N) is 1. The summed E-state index contributed by atoms with van der Waals surface area (Å²) >= 11 is 6.18. The number of nitrogens with zero attached hydrogens (tertiary/aromatic N) is 1. The number of carbonyl (C=O) groups excluding carboxylic acids is 1. The molecule has 2 aromatic carbocycles. The number of allylic oxidation sites excluding steroid dienone is 2. The van der Waals surface area contributed by atoms with Crippen molar-refractivity contribution in [2.24, 2.45) is 0 Å². The molecular weight excluding hydrogens is 388 g/mol. The Kier molecular flexibility index (Phi) is 5.67. The van der Waals surface area contributed by atoms with Crippen molar-refractivity contribution in [3.05, 3.63) is 83.3 Å². The number of thioether (sulfide) groups is 1. The molecule has 1 heterocycles. The third-order valence-corrected chi connectivity index (χ3v) is 6.03. The Balaban J connectivity index is 1.75. The molecule has 132 valence electrons. The van der Waals surface area contributed by atoms with Gasteiger partial charge in [0, 0.05) is 0 Å². The third kappa shape index (κ3) is 4.28. The van der Waals surface area contributed by atoms with Crippen molar-refractivity contribution in [2.45, 2.75) is 4.90 Å². The molecular formula is C18H14N2O3S3. The normalized spacial score (nSPS) is 16.8. The van der Waals surface area contributed by atoms with Crippen molar-refractivity contribution >= 4 is 50.3 Å². The number of carbonyl (C=O) groups is 1. The van der Waals surface area contributed by atoms with Gasteiger partial charge in [-0.3, -0.25) is 4.79 Å². The van der Waals surface area contributed by atoms with Crippen LogP contribution in [-0.4, -0.2) is 23.7 Å². The van der Waals surface area contributed by atoms with E-state index in [-0.39, 0.29) is 9.22 Å². The Hall–Kier alpha value is -2.26. The van der Waals surface area contributed by atoms with E-state index in [1.807, 2.05) is 36.4 Å². The van der Waals surface area contributed by atoms with Crippen LogP contribution in [0.4, 0.5) is 0 Å². The number of benzene rings is 2. The molecule has 0 bridgehead atoms. The third-order valence-electron chi connectivity index (χ3n) is 3.39. The minimum absolute atomic E-state index is 0.0574. The summed E-state index contributed by atoms with van der Waals surface area (Å²) in [5, 5.41) is 0.879. The molecule has 1 fully saturated rings. The van der Waals surface area contributed by atoms with E-state index in [9.17, 15) is 13.2 Å². The highest BCUT2D eigenvalue weighted by Gasteiger charge is 2.35. The number of sulfonamides is 1. The molecule has 2 aromatic rings. The predicted octanol–water partition coefficient (Wildman–Crippen LogP) is 3.34. The number of amides is 1. The van der Waals surface area contributed by atoms with Crippen LogP contribution in [0, 0.1) is 0 Å². The van der Waals surface area contributed by atoms with Crippen molar-refractivity contribution in [1.29, 1.82) is 0 Å². The lowest BCUT2D eigenvalue weighted by Gasteiger charge is -2.15. The number of rotatable bonds is 5. The van der Waals surface area contributed by atoms with Crippen molar-refractivity contribution < 1.29 is 13.2 Å². The van der Waals surface area contributed by atoms with Crippen molar-refractivity contribution in [1.82, 2.24) is 9.84 Å². The first-order chi connectivity index (χ1) is 12.5.